The number of aliphatic hydroxyl groups excluding tert-OH is 1. The van der Waals surface area contributed by atoms with Gasteiger partial charge in [0.1, 0.15) is 6.61 Å². The average molecular weight is 210 g/mol. The number of hydrogen-bond donors (Lipinski definition) is 2. The first-order valence-electron chi connectivity index (χ1n) is 4.13. The largest absolute Gasteiger partial charge is 0.505 e. The summed E-state index contributed by atoms with van der Waals surface area (Å²) in [5.41, 5.74) is 0.369. The summed E-state index contributed by atoms with van der Waals surface area (Å²) in [6.07, 6.45) is 0. The van der Waals surface area contributed by atoms with Crippen LogP contribution in [0.25, 0.3) is 11.4 Å². The predicted octanol–water partition coefficient (Wildman–Crippen LogP) is 1.07. The van der Waals surface area contributed by atoms with Gasteiger partial charge in [-0.25, -0.2) is 4.39 Å². The number of aliphatic hydroxyl groups is 1. The van der Waals surface area contributed by atoms with Crippen molar-refractivity contribution in [2.24, 2.45) is 0 Å². The summed E-state index contributed by atoms with van der Waals surface area (Å²) in [5, 5.41) is 21.2. The zero-order valence-electron chi connectivity index (χ0n) is 7.51. The van der Waals surface area contributed by atoms with Gasteiger partial charge in [-0.3, -0.25) is 0 Å². The Morgan fingerprint density at radius 1 is 1.40 bits per heavy atom. The molecule has 0 aliphatic rings. The van der Waals surface area contributed by atoms with Crippen LogP contribution < -0.4 is 0 Å². The number of aromatic nitrogens is 2. The minimum absolute atomic E-state index is 0.0542. The lowest BCUT2D eigenvalue weighted by Gasteiger charge is -1.96. The summed E-state index contributed by atoms with van der Waals surface area (Å²) in [5.74, 6) is -0.982. The first-order chi connectivity index (χ1) is 7.20. The highest BCUT2D eigenvalue weighted by Crippen LogP contribution is 2.22. The molecule has 0 atom stereocenters. The highest BCUT2D eigenvalue weighted by atomic mass is 19.1. The number of aromatic hydroxyl groups is 1. The van der Waals surface area contributed by atoms with E-state index in [9.17, 15) is 4.39 Å². The second kappa shape index (κ2) is 3.66. The van der Waals surface area contributed by atoms with E-state index in [1.165, 1.54) is 12.1 Å². The van der Waals surface area contributed by atoms with Crippen molar-refractivity contribution in [1.82, 2.24) is 10.1 Å². The minimum Gasteiger partial charge on any atom is -0.505 e. The minimum atomic E-state index is -0.761. The van der Waals surface area contributed by atoms with E-state index in [4.69, 9.17) is 10.2 Å². The lowest BCUT2D eigenvalue weighted by molar-refractivity contribution is 0.222. The molecule has 0 saturated carbocycles. The van der Waals surface area contributed by atoms with Gasteiger partial charge in [-0.2, -0.15) is 4.98 Å². The van der Waals surface area contributed by atoms with Gasteiger partial charge in [0, 0.05) is 5.56 Å². The van der Waals surface area contributed by atoms with Gasteiger partial charge in [0.25, 0.3) is 5.89 Å². The molecule has 1 aromatic carbocycles. The highest BCUT2D eigenvalue weighted by Gasteiger charge is 2.09. The summed E-state index contributed by atoms with van der Waals surface area (Å²) in [6, 6.07) is 3.73. The molecule has 0 amide bonds. The highest BCUT2D eigenvalue weighted by molar-refractivity contribution is 5.55. The fourth-order valence-electron chi connectivity index (χ4n) is 1.08. The molecule has 2 aromatic rings. The van der Waals surface area contributed by atoms with Crippen LogP contribution in [0.15, 0.2) is 22.7 Å². The van der Waals surface area contributed by atoms with Gasteiger partial charge in [0.2, 0.25) is 5.82 Å². The first kappa shape index (κ1) is 9.60. The third-order valence-electron chi connectivity index (χ3n) is 1.81. The smallest absolute Gasteiger partial charge is 0.252 e. The number of phenolic OH excluding ortho intramolecular Hbond substituents is 1. The number of rotatable bonds is 2. The number of hydrogen-bond acceptors (Lipinski definition) is 5. The van der Waals surface area contributed by atoms with Crippen LogP contribution >= 0.6 is 0 Å². The maximum absolute atomic E-state index is 13.0. The predicted molar refractivity (Wildman–Crippen MR) is 47.3 cm³/mol. The second-order valence-corrected chi connectivity index (χ2v) is 2.84. The number of halogens is 1. The molecule has 1 heterocycles. The molecule has 0 saturated heterocycles. The van der Waals surface area contributed by atoms with Crippen molar-refractivity contribution in [3.05, 3.63) is 29.9 Å². The fraction of sp³-hybridized carbons (Fsp3) is 0.111. The zero-order valence-corrected chi connectivity index (χ0v) is 7.51. The molecule has 0 spiro atoms. The standard InChI is InChI=1S/C9H7FN2O3/c10-6-3-5(1-2-7(6)14)9-11-8(4-13)15-12-9/h1-3,13-14H,4H2. The van der Waals surface area contributed by atoms with E-state index in [0.29, 0.717) is 5.56 Å². The molecule has 0 bridgehead atoms. The van der Waals surface area contributed by atoms with Crippen molar-refractivity contribution < 1.29 is 19.1 Å². The molecule has 15 heavy (non-hydrogen) atoms. The van der Waals surface area contributed by atoms with E-state index in [-0.39, 0.29) is 18.3 Å². The molecule has 78 valence electrons. The molecule has 0 aliphatic heterocycles. The molecule has 0 radical (unpaired) electrons. The van der Waals surface area contributed by atoms with Crippen LogP contribution in [0.2, 0.25) is 0 Å². The van der Waals surface area contributed by atoms with Crippen molar-refractivity contribution in [2.75, 3.05) is 0 Å². The summed E-state index contributed by atoms with van der Waals surface area (Å²) in [4.78, 5) is 3.79. The molecule has 1 aromatic heterocycles. The molecular formula is C9H7FN2O3. The Hall–Kier alpha value is -1.95. The Bertz CT molecular complexity index is 484. The van der Waals surface area contributed by atoms with E-state index in [1.54, 1.807) is 0 Å². The average Bonchev–Trinajstić information content (AvgIpc) is 2.70. The molecule has 2 N–H and O–H groups in total. The first-order valence-corrected chi connectivity index (χ1v) is 4.13. The van der Waals surface area contributed by atoms with E-state index in [2.05, 4.69) is 14.7 Å². The van der Waals surface area contributed by atoms with Gasteiger partial charge in [0.15, 0.2) is 11.6 Å². The monoisotopic (exact) mass is 210 g/mol. The van der Waals surface area contributed by atoms with Crippen LogP contribution in [0.1, 0.15) is 5.89 Å². The lowest BCUT2D eigenvalue weighted by Crippen LogP contribution is -1.85. The topological polar surface area (TPSA) is 79.4 Å². The van der Waals surface area contributed by atoms with Gasteiger partial charge >= 0.3 is 0 Å². The Labute approximate surface area is 83.8 Å². The number of nitrogens with zero attached hydrogens (tertiary/aromatic N) is 2. The molecule has 0 fully saturated rings. The maximum atomic E-state index is 13.0. The van der Waals surface area contributed by atoms with Gasteiger partial charge in [-0.15, -0.1) is 0 Å². The molecule has 6 heteroatoms. The maximum Gasteiger partial charge on any atom is 0.252 e. The van der Waals surface area contributed by atoms with Crippen LogP contribution in [0.4, 0.5) is 4.39 Å². The lowest BCUT2D eigenvalue weighted by atomic mass is 10.2. The quantitative estimate of drug-likeness (QED) is 0.775. The summed E-state index contributed by atoms with van der Waals surface area (Å²) < 4.78 is 17.6. The summed E-state index contributed by atoms with van der Waals surface area (Å²) >= 11 is 0. The van der Waals surface area contributed by atoms with Crippen molar-refractivity contribution >= 4 is 0 Å². The van der Waals surface area contributed by atoms with Crippen molar-refractivity contribution in [3.63, 3.8) is 0 Å². The third-order valence-corrected chi connectivity index (χ3v) is 1.81. The summed E-state index contributed by atoms with van der Waals surface area (Å²) in [6.45, 7) is -0.367. The summed E-state index contributed by atoms with van der Waals surface area (Å²) in [7, 11) is 0. The Morgan fingerprint density at radius 2 is 2.20 bits per heavy atom. The normalized spacial score (nSPS) is 10.5. The van der Waals surface area contributed by atoms with Gasteiger partial charge < -0.3 is 14.7 Å². The molecule has 0 aliphatic carbocycles. The van der Waals surface area contributed by atoms with Gasteiger partial charge in [0.05, 0.1) is 0 Å². The van der Waals surface area contributed by atoms with E-state index in [0.717, 1.165) is 6.07 Å². The van der Waals surface area contributed by atoms with E-state index >= 15 is 0 Å². The van der Waals surface area contributed by atoms with E-state index in [1.807, 2.05) is 0 Å². The third kappa shape index (κ3) is 1.79. The molecule has 0 unspecified atom stereocenters. The Balaban J connectivity index is 2.40. The van der Waals surface area contributed by atoms with Crippen molar-refractivity contribution in [2.45, 2.75) is 6.61 Å². The van der Waals surface area contributed by atoms with Crippen molar-refractivity contribution in [1.29, 1.82) is 0 Å². The molecule has 2 rings (SSSR count). The van der Waals surface area contributed by atoms with Crippen molar-refractivity contribution in [3.8, 4) is 17.1 Å². The van der Waals surface area contributed by atoms with Crippen LogP contribution in [-0.2, 0) is 6.61 Å². The van der Waals surface area contributed by atoms with Crippen LogP contribution in [0, 0.1) is 5.82 Å². The number of phenols is 1. The van der Waals surface area contributed by atoms with Gasteiger partial charge in [-0.1, -0.05) is 5.16 Å². The zero-order chi connectivity index (χ0) is 10.8. The van der Waals surface area contributed by atoms with Gasteiger partial charge in [-0.05, 0) is 18.2 Å². The SMILES string of the molecule is OCc1nc(-c2ccc(O)c(F)c2)no1. The molecule has 5 nitrogen and oxygen atoms in total. The Kier molecular flexibility index (Phi) is 2.34. The second-order valence-electron chi connectivity index (χ2n) is 2.84. The molecular weight excluding hydrogens is 203 g/mol. The Morgan fingerprint density at radius 3 is 2.80 bits per heavy atom. The fourth-order valence-corrected chi connectivity index (χ4v) is 1.08. The number of benzene rings is 1. The van der Waals surface area contributed by atoms with Crippen LogP contribution in [0.5, 0.6) is 5.75 Å². The van der Waals surface area contributed by atoms with E-state index < -0.39 is 11.6 Å². The van der Waals surface area contributed by atoms with Crippen LogP contribution in [-0.4, -0.2) is 20.4 Å². The van der Waals surface area contributed by atoms with Crippen LogP contribution in [0.3, 0.4) is 0 Å².